The number of aromatic nitrogens is 2. The number of allylic oxidation sites excluding steroid dienone is 1. The van der Waals surface area contributed by atoms with Gasteiger partial charge < -0.3 is 9.67 Å². The minimum absolute atomic E-state index is 0.851. The topological polar surface area (TPSA) is 55.1 Å². The van der Waals surface area contributed by atoms with Crippen molar-refractivity contribution >= 4 is 23.2 Å². The predicted octanol–water partition coefficient (Wildman–Crippen LogP) is 6.34. The summed E-state index contributed by atoms with van der Waals surface area (Å²) in [6.45, 7) is 2.17. The van der Waals surface area contributed by atoms with Gasteiger partial charge in [-0.3, -0.25) is 0 Å². The molecule has 0 atom stereocenters. The van der Waals surface area contributed by atoms with Crippen molar-refractivity contribution in [2.24, 2.45) is 0 Å². The standard InChI is InChI=1S/C28H24N2O2/c1-2-26(22-6-4-3-5-7-22)28(23-11-8-21(9-12-23)10-17-27(31)32)24-13-15-25(16-14-24)30-19-18-29-20-30/h3-20H,2H2,1H3,(H,31,32). The second-order valence-corrected chi connectivity index (χ2v) is 7.38. The van der Waals surface area contributed by atoms with Crippen LogP contribution in [0.5, 0.6) is 0 Å². The summed E-state index contributed by atoms with van der Waals surface area (Å²) in [6.07, 6.45) is 9.12. The van der Waals surface area contributed by atoms with E-state index in [4.69, 9.17) is 5.11 Å². The molecular formula is C28H24N2O2. The van der Waals surface area contributed by atoms with Crippen molar-refractivity contribution in [3.05, 3.63) is 126 Å². The summed E-state index contributed by atoms with van der Waals surface area (Å²) in [5.41, 5.74) is 7.75. The van der Waals surface area contributed by atoms with Crippen molar-refractivity contribution in [1.29, 1.82) is 0 Å². The first-order valence-electron chi connectivity index (χ1n) is 10.5. The zero-order valence-electron chi connectivity index (χ0n) is 17.8. The summed E-state index contributed by atoms with van der Waals surface area (Å²) < 4.78 is 1.98. The van der Waals surface area contributed by atoms with Crippen LogP contribution >= 0.6 is 0 Å². The summed E-state index contributed by atoms with van der Waals surface area (Å²) in [4.78, 5) is 15.0. The normalized spacial score (nSPS) is 12.0. The van der Waals surface area contributed by atoms with Crippen LogP contribution in [0.4, 0.5) is 0 Å². The van der Waals surface area contributed by atoms with Gasteiger partial charge in [0.05, 0.1) is 6.33 Å². The second kappa shape index (κ2) is 9.75. The second-order valence-electron chi connectivity index (χ2n) is 7.38. The number of nitrogens with zero attached hydrogens (tertiary/aromatic N) is 2. The Morgan fingerprint density at radius 3 is 2.12 bits per heavy atom. The monoisotopic (exact) mass is 420 g/mol. The summed E-state index contributed by atoms with van der Waals surface area (Å²) >= 11 is 0. The lowest BCUT2D eigenvalue weighted by Crippen LogP contribution is -1.96. The molecule has 0 saturated carbocycles. The highest BCUT2D eigenvalue weighted by atomic mass is 16.4. The van der Waals surface area contributed by atoms with E-state index in [9.17, 15) is 4.79 Å². The van der Waals surface area contributed by atoms with Crippen LogP contribution in [-0.4, -0.2) is 20.6 Å². The Kier molecular flexibility index (Phi) is 6.42. The highest BCUT2D eigenvalue weighted by Crippen LogP contribution is 2.34. The Balaban J connectivity index is 1.82. The van der Waals surface area contributed by atoms with E-state index in [1.54, 1.807) is 18.6 Å². The molecule has 0 amide bonds. The van der Waals surface area contributed by atoms with Gasteiger partial charge in [0.1, 0.15) is 0 Å². The fourth-order valence-electron chi connectivity index (χ4n) is 3.82. The van der Waals surface area contributed by atoms with Gasteiger partial charge in [-0.15, -0.1) is 0 Å². The van der Waals surface area contributed by atoms with E-state index >= 15 is 0 Å². The van der Waals surface area contributed by atoms with Gasteiger partial charge in [-0.1, -0.05) is 73.7 Å². The van der Waals surface area contributed by atoms with Crippen LogP contribution in [-0.2, 0) is 4.79 Å². The maximum atomic E-state index is 10.8. The van der Waals surface area contributed by atoms with Crippen molar-refractivity contribution < 1.29 is 9.90 Å². The van der Waals surface area contributed by atoms with Gasteiger partial charge in [0, 0.05) is 24.2 Å². The molecular weight excluding hydrogens is 396 g/mol. The number of imidazole rings is 1. The van der Waals surface area contributed by atoms with Gasteiger partial charge in [-0.2, -0.15) is 0 Å². The van der Waals surface area contributed by atoms with Gasteiger partial charge in [0.15, 0.2) is 0 Å². The van der Waals surface area contributed by atoms with Gasteiger partial charge >= 0.3 is 5.97 Å². The SMILES string of the molecule is CCC(=C(c1ccc(C=CC(=O)O)cc1)c1ccc(-n2ccnc2)cc1)c1ccccc1. The lowest BCUT2D eigenvalue weighted by atomic mass is 9.88. The number of carboxylic acid groups (broad SMARTS) is 1. The number of hydrogen-bond acceptors (Lipinski definition) is 2. The van der Waals surface area contributed by atoms with E-state index in [1.807, 2.05) is 29.0 Å². The number of rotatable bonds is 7. The van der Waals surface area contributed by atoms with Crippen molar-refractivity contribution in [1.82, 2.24) is 9.55 Å². The maximum absolute atomic E-state index is 10.8. The van der Waals surface area contributed by atoms with Crippen LogP contribution in [0.3, 0.4) is 0 Å². The molecule has 1 N–H and O–H groups in total. The molecule has 4 heteroatoms. The zero-order valence-corrected chi connectivity index (χ0v) is 17.8. The average Bonchev–Trinajstić information content (AvgIpc) is 3.37. The highest BCUT2D eigenvalue weighted by molar-refractivity contribution is 5.98. The lowest BCUT2D eigenvalue weighted by Gasteiger charge is -2.17. The van der Waals surface area contributed by atoms with Crippen molar-refractivity contribution in [3.8, 4) is 5.69 Å². The van der Waals surface area contributed by atoms with E-state index in [2.05, 4.69) is 72.6 Å². The Morgan fingerprint density at radius 1 is 0.906 bits per heavy atom. The van der Waals surface area contributed by atoms with Crippen molar-refractivity contribution in [2.75, 3.05) is 0 Å². The van der Waals surface area contributed by atoms with Gasteiger partial charge in [0.2, 0.25) is 0 Å². The highest BCUT2D eigenvalue weighted by Gasteiger charge is 2.13. The number of carboxylic acids is 1. The molecule has 4 rings (SSSR count). The molecule has 0 aliphatic rings. The first-order chi connectivity index (χ1) is 15.7. The van der Waals surface area contributed by atoms with E-state index in [1.165, 1.54) is 16.7 Å². The minimum Gasteiger partial charge on any atom is -0.478 e. The minimum atomic E-state index is -0.954. The molecule has 4 aromatic rings. The zero-order chi connectivity index (χ0) is 22.3. The average molecular weight is 421 g/mol. The van der Waals surface area contributed by atoms with Gasteiger partial charge in [-0.25, -0.2) is 9.78 Å². The van der Waals surface area contributed by atoms with E-state index in [-0.39, 0.29) is 0 Å². The Bertz CT molecular complexity index is 1240. The Labute approximate surface area is 187 Å². The van der Waals surface area contributed by atoms with Crippen LogP contribution in [0, 0.1) is 0 Å². The Hall–Kier alpha value is -4.18. The van der Waals surface area contributed by atoms with E-state index in [0.29, 0.717) is 0 Å². The van der Waals surface area contributed by atoms with Crippen LogP contribution in [0.25, 0.3) is 22.9 Å². The number of hydrogen-bond donors (Lipinski definition) is 1. The summed E-state index contributed by atoms with van der Waals surface area (Å²) in [5.74, 6) is -0.954. The molecule has 0 aliphatic heterocycles. The molecule has 1 aromatic heterocycles. The molecule has 0 aliphatic carbocycles. The first kappa shape index (κ1) is 21.1. The van der Waals surface area contributed by atoms with E-state index in [0.717, 1.165) is 34.9 Å². The fraction of sp³-hybridized carbons (Fsp3) is 0.0714. The van der Waals surface area contributed by atoms with Crippen LogP contribution in [0.15, 0.2) is 104 Å². The molecule has 32 heavy (non-hydrogen) atoms. The van der Waals surface area contributed by atoms with Crippen molar-refractivity contribution in [3.63, 3.8) is 0 Å². The number of benzene rings is 3. The smallest absolute Gasteiger partial charge is 0.328 e. The fourth-order valence-corrected chi connectivity index (χ4v) is 3.82. The third kappa shape index (κ3) is 4.76. The molecule has 4 nitrogen and oxygen atoms in total. The third-order valence-corrected chi connectivity index (χ3v) is 5.35. The summed E-state index contributed by atoms with van der Waals surface area (Å²) in [7, 11) is 0. The largest absolute Gasteiger partial charge is 0.478 e. The molecule has 0 fully saturated rings. The quantitative estimate of drug-likeness (QED) is 0.280. The molecule has 0 radical (unpaired) electrons. The number of aliphatic carboxylic acids is 1. The summed E-state index contributed by atoms with van der Waals surface area (Å²) in [5, 5.41) is 8.89. The van der Waals surface area contributed by atoms with E-state index < -0.39 is 5.97 Å². The molecule has 158 valence electrons. The van der Waals surface area contributed by atoms with Crippen LogP contribution in [0.1, 0.15) is 35.6 Å². The molecule has 3 aromatic carbocycles. The first-order valence-corrected chi connectivity index (χ1v) is 10.5. The van der Waals surface area contributed by atoms with Crippen molar-refractivity contribution in [2.45, 2.75) is 13.3 Å². The van der Waals surface area contributed by atoms with Crippen LogP contribution in [0.2, 0.25) is 0 Å². The van der Waals surface area contributed by atoms with Gasteiger partial charge in [-0.05, 0) is 58.0 Å². The predicted molar refractivity (Wildman–Crippen MR) is 129 cm³/mol. The summed E-state index contributed by atoms with van der Waals surface area (Å²) in [6, 6.07) is 26.9. The number of carbonyl (C=O) groups is 1. The Morgan fingerprint density at radius 2 is 1.56 bits per heavy atom. The molecule has 0 saturated heterocycles. The molecule has 0 spiro atoms. The van der Waals surface area contributed by atoms with Crippen LogP contribution < -0.4 is 0 Å². The third-order valence-electron chi connectivity index (χ3n) is 5.35. The lowest BCUT2D eigenvalue weighted by molar-refractivity contribution is -0.131. The van der Waals surface area contributed by atoms with Gasteiger partial charge in [0.25, 0.3) is 0 Å². The maximum Gasteiger partial charge on any atom is 0.328 e. The molecule has 0 bridgehead atoms. The molecule has 1 heterocycles. The molecule has 0 unspecified atom stereocenters.